The first kappa shape index (κ1) is 14.8. The van der Waals surface area contributed by atoms with Crippen LogP contribution in [-0.2, 0) is 12.8 Å². The molecule has 0 radical (unpaired) electrons. The average molecular weight is 267 g/mol. The van der Waals surface area contributed by atoms with Gasteiger partial charge in [0.2, 0.25) is 0 Å². The summed E-state index contributed by atoms with van der Waals surface area (Å²) in [5.41, 5.74) is 11.6. The lowest BCUT2D eigenvalue weighted by Crippen LogP contribution is -2.13. The summed E-state index contributed by atoms with van der Waals surface area (Å²) < 4.78 is 0. The third-order valence-corrected chi connectivity index (χ3v) is 3.56. The number of rotatable bonds is 5. The van der Waals surface area contributed by atoms with Gasteiger partial charge in [-0.15, -0.1) is 0 Å². The van der Waals surface area contributed by atoms with Crippen LogP contribution in [0.3, 0.4) is 0 Å². The van der Waals surface area contributed by atoms with Crippen LogP contribution in [0.15, 0.2) is 48.5 Å². The first-order valence-electron chi connectivity index (χ1n) is 7.44. The molecule has 20 heavy (non-hydrogen) atoms. The molecule has 1 atom stereocenters. The molecule has 2 aromatic carbocycles. The molecule has 0 aromatic heterocycles. The summed E-state index contributed by atoms with van der Waals surface area (Å²) in [5, 5.41) is 0. The Labute approximate surface area is 122 Å². The fraction of sp³-hybridized carbons (Fsp3) is 0.368. The molecule has 2 N–H and O–H groups in total. The van der Waals surface area contributed by atoms with E-state index < -0.39 is 0 Å². The summed E-state index contributed by atoms with van der Waals surface area (Å²) in [4.78, 5) is 0. The molecule has 1 unspecified atom stereocenters. The van der Waals surface area contributed by atoms with Crippen LogP contribution in [0.4, 0.5) is 0 Å². The Balaban J connectivity index is 2.10. The highest BCUT2D eigenvalue weighted by Gasteiger charge is 2.08. The van der Waals surface area contributed by atoms with Gasteiger partial charge in [-0.3, -0.25) is 0 Å². The van der Waals surface area contributed by atoms with Gasteiger partial charge in [-0.1, -0.05) is 67.9 Å². The average Bonchev–Trinajstić information content (AvgIpc) is 2.38. The predicted octanol–water partition coefficient (Wildman–Crippen LogP) is 4.44. The largest absolute Gasteiger partial charge is 0.324 e. The van der Waals surface area contributed by atoms with Gasteiger partial charge in [-0.05, 0) is 42.4 Å². The van der Waals surface area contributed by atoms with Crippen LogP contribution >= 0.6 is 0 Å². The molecule has 0 saturated carbocycles. The van der Waals surface area contributed by atoms with Crippen molar-refractivity contribution in [2.24, 2.45) is 11.7 Å². The number of benzene rings is 2. The zero-order chi connectivity index (χ0) is 14.5. The molecule has 0 spiro atoms. The molecule has 1 heteroatoms. The second kappa shape index (κ2) is 6.71. The number of hydrogen-bond donors (Lipinski definition) is 1. The van der Waals surface area contributed by atoms with E-state index >= 15 is 0 Å². The van der Waals surface area contributed by atoms with Gasteiger partial charge < -0.3 is 5.73 Å². The van der Waals surface area contributed by atoms with E-state index in [0.717, 1.165) is 12.8 Å². The molecule has 0 saturated heterocycles. The monoisotopic (exact) mass is 267 g/mol. The Kier molecular flexibility index (Phi) is 4.97. The second-order valence-electron chi connectivity index (χ2n) is 6.14. The molecule has 0 aliphatic rings. The Morgan fingerprint density at radius 2 is 1.55 bits per heavy atom. The highest BCUT2D eigenvalue weighted by atomic mass is 14.6. The maximum Gasteiger partial charge on any atom is 0.0335 e. The number of hydrogen-bond acceptors (Lipinski definition) is 1. The van der Waals surface area contributed by atoms with Crippen molar-refractivity contribution in [2.75, 3.05) is 0 Å². The highest BCUT2D eigenvalue weighted by molar-refractivity contribution is 5.29. The Morgan fingerprint density at radius 3 is 2.20 bits per heavy atom. The van der Waals surface area contributed by atoms with E-state index in [0.29, 0.717) is 5.92 Å². The van der Waals surface area contributed by atoms with Crippen LogP contribution in [0.1, 0.15) is 42.1 Å². The fourth-order valence-electron chi connectivity index (χ4n) is 2.63. The first-order chi connectivity index (χ1) is 9.54. The van der Waals surface area contributed by atoms with E-state index in [2.05, 4.69) is 69.3 Å². The minimum absolute atomic E-state index is 0.0731. The van der Waals surface area contributed by atoms with Crippen molar-refractivity contribution in [3.05, 3.63) is 70.8 Å². The fourth-order valence-corrected chi connectivity index (χ4v) is 2.63. The lowest BCUT2D eigenvalue weighted by atomic mass is 9.95. The summed E-state index contributed by atoms with van der Waals surface area (Å²) in [7, 11) is 0. The van der Waals surface area contributed by atoms with Gasteiger partial charge in [-0.25, -0.2) is 0 Å². The molecule has 106 valence electrons. The van der Waals surface area contributed by atoms with E-state index in [1.807, 2.05) is 0 Å². The second-order valence-corrected chi connectivity index (χ2v) is 6.14. The molecular weight excluding hydrogens is 242 g/mol. The van der Waals surface area contributed by atoms with Crippen LogP contribution in [0.25, 0.3) is 0 Å². The standard InChI is InChI=1S/C19H25N/c1-14(2)10-16-8-5-9-18(12-16)19(20)13-17-7-4-6-15(3)11-17/h4-9,11-12,14,19H,10,13,20H2,1-3H3. The SMILES string of the molecule is Cc1cccc(CC(N)c2cccc(CC(C)C)c2)c1. The van der Waals surface area contributed by atoms with Gasteiger partial charge in [0.25, 0.3) is 0 Å². The van der Waals surface area contributed by atoms with Crippen molar-refractivity contribution in [1.29, 1.82) is 0 Å². The zero-order valence-corrected chi connectivity index (χ0v) is 12.8. The van der Waals surface area contributed by atoms with Crippen molar-refractivity contribution in [3.63, 3.8) is 0 Å². The van der Waals surface area contributed by atoms with Crippen LogP contribution in [0, 0.1) is 12.8 Å². The van der Waals surface area contributed by atoms with Crippen molar-refractivity contribution in [3.8, 4) is 0 Å². The summed E-state index contributed by atoms with van der Waals surface area (Å²) in [6.45, 7) is 6.62. The lowest BCUT2D eigenvalue weighted by Gasteiger charge is -2.14. The van der Waals surface area contributed by atoms with Crippen LogP contribution in [-0.4, -0.2) is 0 Å². The molecule has 0 heterocycles. The third kappa shape index (κ3) is 4.21. The number of nitrogens with two attached hydrogens (primary N) is 1. The van der Waals surface area contributed by atoms with E-state index in [1.165, 1.54) is 22.3 Å². The molecule has 0 aliphatic heterocycles. The molecule has 0 aliphatic carbocycles. The van der Waals surface area contributed by atoms with E-state index in [1.54, 1.807) is 0 Å². The predicted molar refractivity (Wildman–Crippen MR) is 86.8 cm³/mol. The van der Waals surface area contributed by atoms with Crippen LogP contribution < -0.4 is 5.73 Å². The van der Waals surface area contributed by atoms with Gasteiger partial charge in [0.05, 0.1) is 0 Å². The summed E-state index contributed by atoms with van der Waals surface area (Å²) in [6, 6.07) is 17.4. The van der Waals surface area contributed by atoms with Crippen LogP contribution in [0.2, 0.25) is 0 Å². The zero-order valence-electron chi connectivity index (χ0n) is 12.8. The number of aryl methyl sites for hydroxylation is 1. The summed E-state index contributed by atoms with van der Waals surface area (Å²) in [5.74, 6) is 0.679. The molecule has 0 amide bonds. The van der Waals surface area contributed by atoms with Gasteiger partial charge in [0.1, 0.15) is 0 Å². The first-order valence-corrected chi connectivity index (χ1v) is 7.44. The van der Waals surface area contributed by atoms with Gasteiger partial charge in [0, 0.05) is 6.04 Å². The minimum Gasteiger partial charge on any atom is -0.324 e. The summed E-state index contributed by atoms with van der Waals surface area (Å²) in [6.07, 6.45) is 2.01. The van der Waals surface area contributed by atoms with Crippen LogP contribution in [0.5, 0.6) is 0 Å². The highest BCUT2D eigenvalue weighted by Crippen LogP contribution is 2.19. The topological polar surface area (TPSA) is 26.0 Å². The normalized spacial score (nSPS) is 12.7. The Hall–Kier alpha value is -1.60. The van der Waals surface area contributed by atoms with Crippen molar-refractivity contribution >= 4 is 0 Å². The van der Waals surface area contributed by atoms with Crippen molar-refractivity contribution in [1.82, 2.24) is 0 Å². The molecule has 0 bridgehead atoms. The molecule has 2 aromatic rings. The molecule has 1 nitrogen and oxygen atoms in total. The van der Waals surface area contributed by atoms with Gasteiger partial charge >= 0.3 is 0 Å². The maximum atomic E-state index is 6.38. The van der Waals surface area contributed by atoms with E-state index in [-0.39, 0.29) is 6.04 Å². The molecule has 2 rings (SSSR count). The maximum absolute atomic E-state index is 6.38. The van der Waals surface area contributed by atoms with Crippen molar-refractivity contribution in [2.45, 2.75) is 39.7 Å². The molecule has 0 fully saturated rings. The Bertz CT molecular complexity index is 557. The van der Waals surface area contributed by atoms with Gasteiger partial charge in [0.15, 0.2) is 0 Å². The van der Waals surface area contributed by atoms with E-state index in [9.17, 15) is 0 Å². The quantitative estimate of drug-likeness (QED) is 0.851. The van der Waals surface area contributed by atoms with Gasteiger partial charge in [-0.2, -0.15) is 0 Å². The molecular formula is C19H25N. The lowest BCUT2D eigenvalue weighted by molar-refractivity contribution is 0.644. The minimum atomic E-state index is 0.0731. The Morgan fingerprint density at radius 1 is 0.900 bits per heavy atom. The van der Waals surface area contributed by atoms with E-state index in [4.69, 9.17) is 5.73 Å². The smallest absolute Gasteiger partial charge is 0.0335 e. The van der Waals surface area contributed by atoms with Crippen molar-refractivity contribution < 1.29 is 0 Å². The third-order valence-electron chi connectivity index (χ3n) is 3.56. The summed E-state index contributed by atoms with van der Waals surface area (Å²) >= 11 is 0.